The molecule has 1 aromatic carbocycles. The van der Waals surface area contributed by atoms with E-state index in [4.69, 9.17) is 19.4 Å². The van der Waals surface area contributed by atoms with E-state index in [0.717, 1.165) is 43.8 Å². The molecule has 2 aromatic heterocycles. The van der Waals surface area contributed by atoms with Crippen LogP contribution in [0.15, 0.2) is 24.3 Å². The minimum Gasteiger partial charge on any atom is -0.497 e. The normalized spacial score (nSPS) is 11.1. The number of rotatable bonds is 6. The molecule has 0 aliphatic carbocycles. The van der Waals surface area contributed by atoms with Crippen LogP contribution in [0.4, 0.5) is 5.13 Å². The summed E-state index contributed by atoms with van der Waals surface area (Å²) in [6.07, 6.45) is 0. The number of aryl methyl sites for hydroxylation is 1. The Kier molecular flexibility index (Phi) is 5.08. The summed E-state index contributed by atoms with van der Waals surface area (Å²) >= 11 is 1.64. The molecule has 0 fully saturated rings. The van der Waals surface area contributed by atoms with Gasteiger partial charge in [0, 0.05) is 28.4 Å². The van der Waals surface area contributed by atoms with Crippen molar-refractivity contribution < 1.29 is 9.47 Å². The summed E-state index contributed by atoms with van der Waals surface area (Å²) in [6, 6.07) is 8.14. The Morgan fingerprint density at radius 1 is 1.20 bits per heavy atom. The summed E-state index contributed by atoms with van der Waals surface area (Å²) in [7, 11) is 1.66. The standard InChI is InChI=1S/C19H23N3O2S/c1-6-24-17-10-16(18-12(4)25-19(22-18)20-11(2)3)21-15-9-13(23-5)7-8-14(15)17/h7-11H,6H2,1-5H3,(H,20,22). The van der Waals surface area contributed by atoms with Gasteiger partial charge in [0.2, 0.25) is 0 Å². The fraction of sp³-hybridized carbons (Fsp3) is 0.368. The van der Waals surface area contributed by atoms with Crippen LogP contribution in [0.2, 0.25) is 0 Å². The third-order valence-corrected chi connectivity index (χ3v) is 4.63. The highest BCUT2D eigenvalue weighted by Crippen LogP contribution is 2.35. The lowest BCUT2D eigenvalue weighted by molar-refractivity contribution is 0.344. The molecule has 25 heavy (non-hydrogen) atoms. The SMILES string of the molecule is CCOc1cc(-c2nc(NC(C)C)sc2C)nc2cc(OC)ccc12. The van der Waals surface area contributed by atoms with Crippen LogP contribution >= 0.6 is 11.3 Å². The monoisotopic (exact) mass is 357 g/mol. The Morgan fingerprint density at radius 2 is 2.00 bits per heavy atom. The predicted molar refractivity (Wildman–Crippen MR) is 104 cm³/mol. The second kappa shape index (κ2) is 7.27. The second-order valence-electron chi connectivity index (χ2n) is 6.04. The topological polar surface area (TPSA) is 56.3 Å². The first-order valence-corrected chi connectivity index (χ1v) is 9.19. The van der Waals surface area contributed by atoms with E-state index in [1.54, 1.807) is 18.4 Å². The van der Waals surface area contributed by atoms with Gasteiger partial charge in [0.15, 0.2) is 5.13 Å². The molecule has 0 saturated carbocycles. The van der Waals surface area contributed by atoms with E-state index in [1.807, 2.05) is 31.2 Å². The maximum Gasteiger partial charge on any atom is 0.183 e. The Bertz CT molecular complexity index is 890. The van der Waals surface area contributed by atoms with Gasteiger partial charge in [-0.1, -0.05) is 0 Å². The molecule has 0 radical (unpaired) electrons. The summed E-state index contributed by atoms with van der Waals surface area (Å²) in [6.45, 7) is 8.85. The highest BCUT2D eigenvalue weighted by atomic mass is 32.1. The molecule has 132 valence electrons. The molecule has 0 atom stereocenters. The Morgan fingerprint density at radius 3 is 2.68 bits per heavy atom. The Hall–Kier alpha value is -2.34. The van der Waals surface area contributed by atoms with Crippen LogP contribution in [-0.4, -0.2) is 29.7 Å². The van der Waals surface area contributed by atoms with Crippen LogP contribution < -0.4 is 14.8 Å². The quantitative estimate of drug-likeness (QED) is 0.680. The number of methoxy groups -OCH3 is 1. The maximum absolute atomic E-state index is 5.85. The van der Waals surface area contributed by atoms with Gasteiger partial charge < -0.3 is 14.8 Å². The first-order chi connectivity index (χ1) is 12.0. The second-order valence-corrected chi connectivity index (χ2v) is 7.25. The number of fused-ring (bicyclic) bond motifs is 1. The van der Waals surface area contributed by atoms with E-state index < -0.39 is 0 Å². The zero-order valence-electron chi connectivity index (χ0n) is 15.2. The number of thiazole rings is 1. The average molecular weight is 357 g/mol. The molecule has 0 aliphatic heterocycles. The third kappa shape index (κ3) is 3.69. The van der Waals surface area contributed by atoms with Gasteiger partial charge in [-0.25, -0.2) is 9.97 Å². The minimum atomic E-state index is 0.339. The van der Waals surface area contributed by atoms with E-state index in [2.05, 4.69) is 26.1 Å². The van der Waals surface area contributed by atoms with Crippen molar-refractivity contribution in [3.63, 3.8) is 0 Å². The molecule has 0 unspecified atom stereocenters. The summed E-state index contributed by atoms with van der Waals surface area (Å²) in [4.78, 5) is 10.7. The number of aromatic nitrogens is 2. The number of benzene rings is 1. The third-order valence-electron chi connectivity index (χ3n) is 3.73. The van der Waals surface area contributed by atoms with Crippen molar-refractivity contribution in [2.45, 2.75) is 33.7 Å². The number of pyridine rings is 1. The highest BCUT2D eigenvalue weighted by Gasteiger charge is 2.15. The zero-order valence-corrected chi connectivity index (χ0v) is 16.0. The van der Waals surface area contributed by atoms with Crippen molar-refractivity contribution in [1.29, 1.82) is 0 Å². The van der Waals surface area contributed by atoms with E-state index in [-0.39, 0.29) is 0 Å². The fourth-order valence-corrected chi connectivity index (χ4v) is 3.61. The number of hydrogen-bond acceptors (Lipinski definition) is 6. The van der Waals surface area contributed by atoms with Crippen molar-refractivity contribution in [2.24, 2.45) is 0 Å². The molecule has 2 heterocycles. The van der Waals surface area contributed by atoms with Gasteiger partial charge in [-0.15, -0.1) is 11.3 Å². The van der Waals surface area contributed by atoms with Crippen LogP contribution in [0.25, 0.3) is 22.3 Å². The van der Waals surface area contributed by atoms with Crippen molar-refractivity contribution in [3.8, 4) is 22.9 Å². The van der Waals surface area contributed by atoms with Gasteiger partial charge in [0.1, 0.15) is 17.2 Å². The van der Waals surface area contributed by atoms with Crippen LogP contribution in [0.5, 0.6) is 11.5 Å². The molecule has 0 bridgehead atoms. The van der Waals surface area contributed by atoms with Gasteiger partial charge in [0.25, 0.3) is 0 Å². The zero-order chi connectivity index (χ0) is 18.0. The van der Waals surface area contributed by atoms with Crippen molar-refractivity contribution in [1.82, 2.24) is 9.97 Å². The van der Waals surface area contributed by atoms with Gasteiger partial charge in [-0.3, -0.25) is 0 Å². The van der Waals surface area contributed by atoms with E-state index in [9.17, 15) is 0 Å². The number of ether oxygens (including phenoxy) is 2. The van der Waals surface area contributed by atoms with Gasteiger partial charge >= 0.3 is 0 Å². The number of nitrogens with zero attached hydrogens (tertiary/aromatic N) is 2. The van der Waals surface area contributed by atoms with Crippen molar-refractivity contribution >= 4 is 27.4 Å². The summed E-state index contributed by atoms with van der Waals surface area (Å²) in [5, 5.41) is 5.24. The first-order valence-electron chi connectivity index (χ1n) is 8.37. The number of hydrogen-bond donors (Lipinski definition) is 1. The largest absolute Gasteiger partial charge is 0.497 e. The van der Waals surface area contributed by atoms with Crippen molar-refractivity contribution in [3.05, 3.63) is 29.1 Å². The van der Waals surface area contributed by atoms with Gasteiger partial charge in [-0.05, 0) is 39.8 Å². The maximum atomic E-state index is 5.85. The molecule has 3 rings (SSSR count). The highest BCUT2D eigenvalue weighted by molar-refractivity contribution is 7.16. The fourth-order valence-electron chi connectivity index (χ4n) is 2.64. The van der Waals surface area contributed by atoms with Crippen molar-refractivity contribution in [2.75, 3.05) is 19.0 Å². The minimum absolute atomic E-state index is 0.339. The lowest BCUT2D eigenvalue weighted by Gasteiger charge is -2.11. The smallest absolute Gasteiger partial charge is 0.183 e. The van der Waals surface area contributed by atoms with Gasteiger partial charge in [-0.2, -0.15) is 0 Å². The van der Waals surface area contributed by atoms with E-state index >= 15 is 0 Å². The molecule has 3 aromatic rings. The number of nitrogens with one attached hydrogen (secondary N) is 1. The molecule has 0 amide bonds. The lowest BCUT2D eigenvalue weighted by atomic mass is 10.1. The average Bonchev–Trinajstić information content (AvgIpc) is 2.93. The van der Waals surface area contributed by atoms with Crippen LogP contribution in [0.1, 0.15) is 25.6 Å². The molecule has 0 spiro atoms. The first kappa shape index (κ1) is 17.5. The Labute approximate surface area is 152 Å². The Balaban J connectivity index is 2.13. The summed E-state index contributed by atoms with van der Waals surface area (Å²) in [5.41, 5.74) is 2.54. The predicted octanol–water partition coefficient (Wildman–Crippen LogP) is 4.89. The molecule has 0 saturated heterocycles. The van der Waals surface area contributed by atoms with Gasteiger partial charge in [0.05, 0.1) is 24.9 Å². The summed E-state index contributed by atoms with van der Waals surface area (Å²) < 4.78 is 11.2. The van der Waals surface area contributed by atoms with Crippen LogP contribution in [0, 0.1) is 6.92 Å². The molecule has 6 heteroatoms. The molecular formula is C19H23N3O2S. The van der Waals surface area contributed by atoms with E-state index in [0.29, 0.717) is 12.6 Å². The molecule has 5 nitrogen and oxygen atoms in total. The lowest BCUT2D eigenvalue weighted by Crippen LogP contribution is -2.09. The molecule has 1 N–H and O–H groups in total. The van der Waals surface area contributed by atoms with Crippen LogP contribution in [0.3, 0.4) is 0 Å². The molecule has 0 aliphatic rings. The van der Waals surface area contributed by atoms with Crippen LogP contribution in [-0.2, 0) is 0 Å². The number of anilines is 1. The van der Waals surface area contributed by atoms with E-state index in [1.165, 1.54) is 0 Å². The molecular weight excluding hydrogens is 334 g/mol. The summed E-state index contributed by atoms with van der Waals surface area (Å²) in [5.74, 6) is 1.59.